The summed E-state index contributed by atoms with van der Waals surface area (Å²) in [5.74, 6) is 0.618. The van der Waals surface area contributed by atoms with Gasteiger partial charge in [0.05, 0.1) is 12.7 Å². The van der Waals surface area contributed by atoms with Crippen LogP contribution in [0.3, 0.4) is 0 Å². The molecule has 0 radical (unpaired) electrons. The third-order valence-corrected chi connectivity index (χ3v) is 5.82. The summed E-state index contributed by atoms with van der Waals surface area (Å²) in [6, 6.07) is 0. The summed E-state index contributed by atoms with van der Waals surface area (Å²) in [6.45, 7) is 9.52. The van der Waals surface area contributed by atoms with Gasteiger partial charge in [-0.2, -0.15) is 17.4 Å². The SMILES string of the molecule is CC(C)CN1CCOC(CNS(=O)(=O)N2CCCCCC2)C1. The van der Waals surface area contributed by atoms with Crippen LogP contribution in [0.15, 0.2) is 0 Å². The van der Waals surface area contributed by atoms with Crippen molar-refractivity contribution < 1.29 is 13.2 Å². The predicted molar refractivity (Wildman–Crippen MR) is 88.0 cm³/mol. The molecule has 0 amide bonds. The zero-order valence-electron chi connectivity index (χ0n) is 14.0. The van der Waals surface area contributed by atoms with Gasteiger partial charge in [-0.3, -0.25) is 4.90 Å². The highest BCUT2D eigenvalue weighted by molar-refractivity contribution is 7.87. The van der Waals surface area contributed by atoms with E-state index in [0.717, 1.165) is 45.3 Å². The first kappa shape index (κ1) is 18.1. The average Bonchev–Trinajstić information content (AvgIpc) is 2.75. The quantitative estimate of drug-likeness (QED) is 0.789. The lowest BCUT2D eigenvalue weighted by Crippen LogP contribution is -2.50. The van der Waals surface area contributed by atoms with Crippen LogP contribution >= 0.6 is 0 Å². The molecule has 130 valence electrons. The van der Waals surface area contributed by atoms with E-state index < -0.39 is 10.2 Å². The Labute approximate surface area is 135 Å². The zero-order chi connectivity index (χ0) is 16.0. The van der Waals surface area contributed by atoms with Gasteiger partial charge in [0.25, 0.3) is 10.2 Å². The second-order valence-corrected chi connectivity index (χ2v) is 8.57. The molecule has 7 heteroatoms. The Morgan fingerprint density at radius 1 is 1.14 bits per heavy atom. The number of rotatable bonds is 6. The van der Waals surface area contributed by atoms with Crippen LogP contribution in [0.5, 0.6) is 0 Å². The van der Waals surface area contributed by atoms with Crippen molar-refractivity contribution >= 4 is 10.2 Å². The van der Waals surface area contributed by atoms with Crippen molar-refractivity contribution in [1.29, 1.82) is 0 Å². The van der Waals surface area contributed by atoms with Gasteiger partial charge in [0.1, 0.15) is 0 Å². The lowest BCUT2D eigenvalue weighted by atomic mass is 10.2. The molecule has 1 unspecified atom stereocenters. The number of morpholine rings is 1. The van der Waals surface area contributed by atoms with E-state index in [9.17, 15) is 8.42 Å². The van der Waals surface area contributed by atoms with E-state index in [1.54, 1.807) is 4.31 Å². The maximum absolute atomic E-state index is 12.4. The van der Waals surface area contributed by atoms with Gasteiger partial charge in [-0.25, -0.2) is 0 Å². The van der Waals surface area contributed by atoms with Crippen LogP contribution in [-0.2, 0) is 14.9 Å². The Balaban J connectivity index is 1.80. The zero-order valence-corrected chi connectivity index (χ0v) is 14.8. The molecule has 0 aromatic carbocycles. The fraction of sp³-hybridized carbons (Fsp3) is 1.00. The second-order valence-electron chi connectivity index (χ2n) is 6.81. The maximum atomic E-state index is 12.4. The monoisotopic (exact) mass is 333 g/mol. The Hall–Kier alpha value is -0.210. The van der Waals surface area contributed by atoms with Gasteiger partial charge in [-0.1, -0.05) is 26.7 Å². The van der Waals surface area contributed by atoms with Gasteiger partial charge in [0.2, 0.25) is 0 Å². The van der Waals surface area contributed by atoms with Crippen molar-refractivity contribution in [2.75, 3.05) is 45.9 Å². The highest BCUT2D eigenvalue weighted by Crippen LogP contribution is 2.13. The molecule has 0 spiro atoms. The van der Waals surface area contributed by atoms with E-state index in [1.165, 1.54) is 0 Å². The van der Waals surface area contributed by atoms with Gasteiger partial charge in [-0.05, 0) is 18.8 Å². The molecule has 22 heavy (non-hydrogen) atoms. The molecule has 0 aromatic rings. The third-order valence-electron chi connectivity index (χ3n) is 4.24. The predicted octanol–water partition coefficient (Wildman–Crippen LogP) is 1.05. The number of hydrogen-bond acceptors (Lipinski definition) is 4. The second kappa shape index (κ2) is 8.59. The molecule has 0 saturated carbocycles. The van der Waals surface area contributed by atoms with Gasteiger partial charge in [0.15, 0.2) is 0 Å². The number of nitrogens with one attached hydrogen (secondary N) is 1. The van der Waals surface area contributed by atoms with Crippen molar-refractivity contribution in [2.24, 2.45) is 5.92 Å². The van der Waals surface area contributed by atoms with E-state index >= 15 is 0 Å². The molecule has 6 nitrogen and oxygen atoms in total. The molecule has 0 aliphatic carbocycles. The van der Waals surface area contributed by atoms with Gasteiger partial charge < -0.3 is 4.74 Å². The van der Waals surface area contributed by atoms with Crippen LogP contribution in [0.25, 0.3) is 0 Å². The van der Waals surface area contributed by atoms with Gasteiger partial charge in [0, 0.05) is 39.3 Å². The van der Waals surface area contributed by atoms with Crippen molar-refractivity contribution in [3.8, 4) is 0 Å². The summed E-state index contributed by atoms with van der Waals surface area (Å²) in [4.78, 5) is 2.36. The van der Waals surface area contributed by atoms with Crippen molar-refractivity contribution in [3.05, 3.63) is 0 Å². The van der Waals surface area contributed by atoms with Crippen LogP contribution in [0, 0.1) is 5.92 Å². The number of hydrogen-bond donors (Lipinski definition) is 1. The molecular formula is C15H31N3O3S. The van der Waals surface area contributed by atoms with E-state index in [-0.39, 0.29) is 6.10 Å². The fourth-order valence-corrected chi connectivity index (χ4v) is 4.48. The normalized spacial score (nSPS) is 26.2. The highest BCUT2D eigenvalue weighted by atomic mass is 32.2. The first-order valence-corrected chi connectivity index (χ1v) is 10.00. The van der Waals surface area contributed by atoms with Crippen LogP contribution in [0.4, 0.5) is 0 Å². The summed E-state index contributed by atoms with van der Waals surface area (Å²) in [5, 5.41) is 0. The summed E-state index contributed by atoms with van der Waals surface area (Å²) < 4.78 is 34.8. The Kier molecular flexibility index (Phi) is 7.08. The highest BCUT2D eigenvalue weighted by Gasteiger charge is 2.26. The topological polar surface area (TPSA) is 61.9 Å². The molecular weight excluding hydrogens is 302 g/mol. The molecule has 2 aliphatic rings. The third kappa shape index (κ3) is 5.77. The minimum absolute atomic E-state index is 0.0470. The molecule has 2 heterocycles. The van der Waals surface area contributed by atoms with Crippen LogP contribution in [-0.4, -0.2) is 69.6 Å². The Bertz CT molecular complexity index is 420. The summed E-state index contributed by atoms with van der Waals surface area (Å²) in [7, 11) is -3.36. The van der Waals surface area contributed by atoms with E-state index in [0.29, 0.717) is 32.2 Å². The molecule has 0 aromatic heterocycles. The molecule has 1 atom stereocenters. The van der Waals surface area contributed by atoms with Crippen LogP contribution in [0.1, 0.15) is 39.5 Å². The fourth-order valence-electron chi connectivity index (χ4n) is 3.16. The molecule has 2 fully saturated rings. The van der Waals surface area contributed by atoms with Crippen LogP contribution in [0.2, 0.25) is 0 Å². The minimum Gasteiger partial charge on any atom is -0.374 e. The van der Waals surface area contributed by atoms with Crippen molar-refractivity contribution in [2.45, 2.75) is 45.6 Å². The summed E-state index contributed by atoms with van der Waals surface area (Å²) in [6.07, 6.45) is 4.13. The summed E-state index contributed by atoms with van der Waals surface area (Å²) in [5.41, 5.74) is 0. The average molecular weight is 333 g/mol. The standard InChI is InChI=1S/C15H31N3O3S/c1-14(2)12-17-9-10-21-15(13-17)11-16-22(19,20)18-7-5-3-4-6-8-18/h14-16H,3-13H2,1-2H3. The number of ether oxygens (including phenoxy) is 1. The van der Waals surface area contributed by atoms with Crippen molar-refractivity contribution in [3.63, 3.8) is 0 Å². The lowest BCUT2D eigenvalue weighted by molar-refractivity contribution is -0.0281. The molecule has 2 saturated heterocycles. The Morgan fingerprint density at radius 3 is 2.45 bits per heavy atom. The van der Waals surface area contributed by atoms with E-state index in [4.69, 9.17) is 4.74 Å². The molecule has 2 aliphatic heterocycles. The van der Waals surface area contributed by atoms with Crippen LogP contribution < -0.4 is 4.72 Å². The molecule has 1 N–H and O–H groups in total. The van der Waals surface area contributed by atoms with E-state index in [2.05, 4.69) is 23.5 Å². The molecule has 2 rings (SSSR count). The molecule has 0 bridgehead atoms. The Morgan fingerprint density at radius 2 is 1.82 bits per heavy atom. The largest absolute Gasteiger partial charge is 0.374 e. The minimum atomic E-state index is -3.36. The smallest absolute Gasteiger partial charge is 0.279 e. The lowest BCUT2D eigenvalue weighted by Gasteiger charge is -2.34. The van der Waals surface area contributed by atoms with E-state index in [1.807, 2.05) is 0 Å². The van der Waals surface area contributed by atoms with Gasteiger partial charge in [-0.15, -0.1) is 0 Å². The first-order valence-electron chi connectivity index (χ1n) is 8.56. The first-order chi connectivity index (χ1) is 10.5. The number of nitrogens with zero attached hydrogens (tertiary/aromatic N) is 2. The maximum Gasteiger partial charge on any atom is 0.279 e. The van der Waals surface area contributed by atoms with Crippen molar-refractivity contribution in [1.82, 2.24) is 13.9 Å². The van der Waals surface area contributed by atoms with Gasteiger partial charge >= 0.3 is 0 Å². The summed E-state index contributed by atoms with van der Waals surface area (Å²) >= 11 is 0.